The summed E-state index contributed by atoms with van der Waals surface area (Å²) >= 11 is 11.6. The molecule has 10 heteroatoms. The molecule has 1 aliphatic rings. The third kappa shape index (κ3) is 4.73. The first-order valence-electron chi connectivity index (χ1n) is 6.59. The number of anilines is 1. The van der Waals surface area contributed by atoms with Gasteiger partial charge in [0.05, 0.1) is 27.8 Å². The summed E-state index contributed by atoms with van der Waals surface area (Å²) < 4.78 is 27.4. The van der Waals surface area contributed by atoms with Gasteiger partial charge in [-0.3, -0.25) is 4.79 Å². The van der Waals surface area contributed by atoms with E-state index in [1.54, 1.807) is 0 Å². The molecule has 126 valence electrons. The zero-order chi connectivity index (χ0) is 17.2. The van der Waals surface area contributed by atoms with Crippen molar-refractivity contribution in [2.75, 3.05) is 23.8 Å². The van der Waals surface area contributed by atoms with Gasteiger partial charge in [0.25, 0.3) is 5.91 Å². The maximum atomic E-state index is 11.9. The lowest BCUT2D eigenvalue weighted by Gasteiger charge is -2.12. The van der Waals surface area contributed by atoms with Crippen LogP contribution in [-0.2, 0) is 19.4 Å². The maximum absolute atomic E-state index is 11.9. The number of nitrogen functional groups attached to an aromatic ring is 1. The number of ether oxygens (including phenoxy) is 1. The number of rotatable bonds is 4. The lowest BCUT2D eigenvalue weighted by molar-refractivity contribution is -0.124. The van der Waals surface area contributed by atoms with E-state index in [0.717, 1.165) is 0 Å². The number of nitrogens with one attached hydrogen (secondary N) is 1. The van der Waals surface area contributed by atoms with Gasteiger partial charge in [0, 0.05) is 11.1 Å². The minimum absolute atomic E-state index is 0.00311. The van der Waals surface area contributed by atoms with Gasteiger partial charge in [-0.15, -0.1) is 0 Å². The molecule has 0 spiro atoms. The molecular formula is C13H14Cl2N2O5S. The summed E-state index contributed by atoms with van der Waals surface area (Å²) in [4.78, 5) is 23.6. The molecule has 0 saturated carbocycles. The van der Waals surface area contributed by atoms with E-state index in [-0.39, 0.29) is 32.8 Å². The van der Waals surface area contributed by atoms with Crippen molar-refractivity contribution in [3.8, 4) is 0 Å². The maximum Gasteiger partial charge on any atom is 0.340 e. The van der Waals surface area contributed by atoms with Crippen LogP contribution in [0, 0.1) is 0 Å². The summed E-state index contributed by atoms with van der Waals surface area (Å²) in [5.41, 5.74) is 5.62. The highest BCUT2D eigenvalue weighted by Gasteiger charge is 2.29. The first-order valence-corrected chi connectivity index (χ1v) is 9.17. The van der Waals surface area contributed by atoms with Crippen LogP contribution in [0.15, 0.2) is 12.1 Å². The van der Waals surface area contributed by atoms with Crippen molar-refractivity contribution in [2.45, 2.75) is 12.5 Å². The molecule has 0 radical (unpaired) electrons. The molecule has 1 aromatic carbocycles. The Morgan fingerprint density at radius 2 is 2.04 bits per heavy atom. The summed E-state index contributed by atoms with van der Waals surface area (Å²) in [6.45, 7) is -0.557. The van der Waals surface area contributed by atoms with E-state index in [1.165, 1.54) is 12.1 Å². The Hall–Kier alpha value is -1.51. The van der Waals surface area contributed by atoms with E-state index in [9.17, 15) is 18.0 Å². The van der Waals surface area contributed by atoms with E-state index in [2.05, 4.69) is 5.32 Å². The molecule has 1 amide bonds. The van der Waals surface area contributed by atoms with Crippen LogP contribution in [0.2, 0.25) is 10.0 Å². The fourth-order valence-electron chi connectivity index (χ4n) is 2.14. The summed E-state index contributed by atoms with van der Waals surface area (Å²) in [5.74, 6) is -1.51. The highest BCUT2D eigenvalue weighted by molar-refractivity contribution is 7.91. The standard InChI is InChI=1S/C13H14Cl2N2O5S/c14-7-3-9(12(16)10(15)4-7)13(19)22-5-11(18)17-8-1-2-23(20,21)6-8/h3-4,8H,1-2,5-6,16H2,(H,17,18)/t8-/m0/s1. The molecule has 0 aromatic heterocycles. The van der Waals surface area contributed by atoms with E-state index in [1.807, 2.05) is 0 Å². The Morgan fingerprint density at radius 1 is 1.35 bits per heavy atom. The smallest absolute Gasteiger partial charge is 0.340 e. The number of hydrogen-bond donors (Lipinski definition) is 2. The van der Waals surface area contributed by atoms with E-state index in [4.69, 9.17) is 33.7 Å². The highest BCUT2D eigenvalue weighted by atomic mass is 35.5. The van der Waals surface area contributed by atoms with E-state index < -0.39 is 34.4 Å². The predicted molar refractivity (Wildman–Crippen MR) is 86.4 cm³/mol. The molecule has 1 atom stereocenters. The number of benzene rings is 1. The normalized spacial score (nSPS) is 19.3. The zero-order valence-electron chi connectivity index (χ0n) is 11.8. The van der Waals surface area contributed by atoms with Crippen LogP contribution < -0.4 is 11.1 Å². The van der Waals surface area contributed by atoms with Crippen LogP contribution in [0.25, 0.3) is 0 Å². The Balaban J connectivity index is 1.91. The third-order valence-corrected chi connectivity index (χ3v) is 5.55. The van der Waals surface area contributed by atoms with Gasteiger partial charge in [-0.2, -0.15) is 0 Å². The average Bonchev–Trinajstić information content (AvgIpc) is 2.79. The molecule has 3 N–H and O–H groups in total. The molecule has 1 fully saturated rings. The van der Waals surface area contributed by atoms with Crippen molar-refractivity contribution in [2.24, 2.45) is 0 Å². The quantitative estimate of drug-likeness (QED) is 0.595. The van der Waals surface area contributed by atoms with Crippen LogP contribution in [0.5, 0.6) is 0 Å². The van der Waals surface area contributed by atoms with Crippen molar-refractivity contribution in [3.05, 3.63) is 27.7 Å². The van der Waals surface area contributed by atoms with Crippen LogP contribution in [0.3, 0.4) is 0 Å². The number of esters is 1. The molecule has 23 heavy (non-hydrogen) atoms. The Bertz CT molecular complexity index is 751. The number of sulfone groups is 1. The topological polar surface area (TPSA) is 116 Å². The number of amides is 1. The van der Waals surface area contributed by atoms with Crippen molar-refractivity contribution >= 4 is 50.6 Å². The summed E-state index contributed by atoms with van der Waals surface area (Å²) in [6.07, 6.45) is 0.346. The molecule has 0 bridgehead atoms. The van der Waals surface area contributed by atoms with Gasteiger partial charge < -0.3 is 15.8 Å². The SMILES string of the molecule is Nc1c(Cl)cc(Cl)cc1C(=O)OCC(=O)N[C@H]1CCS(=O)(=O)C1. The van der Waals surface area contributed by atoms with Crippen LogP contribution in [-0.4, -0.2) is 44.4 Å². The van der Waals surface area contributed by atoms with Gasteiger partial charge in [0.1, 0.15) is 0 Å². The minimum Gasteiger partial charge on any atom is -0.452 e. The monoisotopic (exact) mass is 380 g/mol. The first-order chi connectivity index (χ1) is 10.7. The predicted octanol–water partition coefficient (Wildman–Crippen LogP) is 1.04. The second-order valence-electron chi connectivity index (χ2n) is 5.09. The Kier molecular flexibility index (Phi) is 5.38. The minimum atomic E-state index is -3.10. The molecular weight excluding hydrogens is 367 g/mol. The van der Waals surface area contributed by atoms with Gasteiger partial charge in [-0.1, -0.05) is 23.2 Å². The van der Waals surface area contributed by atoms with Gasteiger partial charge in [0.2, 0.25) is 0 Å². The lowest BCUT2D eigenvalue weighted by Crippen LogP contribution is -2.38. The van der Waals surface area contributed by atoms with Gasteiger partial charge in [-0.25, -0.2) is 13.2 Å². The second kappa shape index (κ2) is 6.94. The van der Waals surface area contributed by atoms with Crippen molar-refractivity contribution in [1.29, 1.82) is 0 Å². The summed E-state index contributed by atoms with van der Waals surface area (Å²) in [7, 11) is -3.10. The third-order valence-electron chi connectivity index (χ3n) is 3.25. The number of nitrogens with two attached hydrogens (primary N) is 1. The van der Waals surface area contributed by atoms with Crippen molar-refractivity contribution in [3.63, 3.8) is 0 Å². The molecule has 0 aliphatic carbocycles. The van der Waals surface area contributed by atoms with Gasteiger partial charge in [-0.05, 0) is 18.6 Å². The van der Waals surface area contributed by atoms with Crippen molar-refractivity contribution < 1.29 is 22.7 Å². The first kappa shape index (κ1) is 17.8. The number of hydrogen-bond acceptors (Lipinski definition) is 6. The fourth-order valence-corrected chi connectivity index (χ4v) is 4.31. The molecule has 2 rings (SSSR count). The molecule has 0 unspecified atom stereocenters. The highest BCUT2D eigenvalue weighted by Crippen LogP contribution is 2.28. The zero-order valence-corrected chi connectivity index (χ0v) is 14.2. The fraction of sp³-hybridized carbons (Fsp3) is 0.385. The van der Waals surface area contributed by atoms with Crippen molar-refractivity contribution in [1.82, 2.24) is 5.32 Å². The molecule has 1 aromatic rings. The van der Waals surface area contributed by atoms with E-state index >= 15 is 0 Å². The Labute approximate surface area is 143 Å². The number of carbonyl (C=O) groups excluding carboxylic acids is 2. The van der Waals surface area contributed by atoms with E-state index in [0.29, 0.717) is 6.42 Å². The van der Waals surface area contributed by atoms with Crippen LogP contribution in [0.1, 0.15) is 16.8 Å². The summed E-state index contributed by atoms with van der Waals surface area (Å²) in [5, 5.41) is 2.81. The molecule has 1 aliphatic heterocycles. The number of carbonyl (C=O) groups is 2. The summed E-state index contributed by atoms with van der Waals surface area (Å²) in [6, 6.07) is 2.20. The van der Waals surface area contributed by atoms with Crippen LogP contribution in [0.4, 0.5) is 5.69 Å². The van der Waals surface area contributed by atoms with Crippen LogP contribution >= 0.6 is 23.2 Å². The van der Waals surface area contributed by atoms with Gasteiger partial charge in [0.15, 0.2) is 16.4 Å². The molecule has 1 heterocycles. The molecule has 7 nitrogen and oxygen atoms in total. The molecule has 1 saturated heterocycles. The van der Waals surface area contributed by atoms with Gasteiger partial charge >= 0.3 is 5.97 Å². The average molecular weight is 381 g/mol. The second-order valence-corrected chi connectivity index (χ2v) is 8.16. The Morgan fingerprint density at radius 3 is 2.65 bits per heavy atom. The number of halogens is 2. The lowest BCUT2D eigenvalue weighted by atomic mass is 10.2. The largest absolute Gasteiger partial charge is 0.452 e.